The van der Waals surface area contributed by atoms with Gasteiger partial charge in [-0.25, -0.2) is 13.1 Å². The Morgan fingerprint density at radius 3 is 2.04 bits per heavy atom. The van der Waals surface area contributed by atoms with Crippen LogP contribution in [0.1, 0.15) is 49.7 Å². The lowest BCUT2D eigenvalue weighted by molar-refractivity contribution is -0.00810. The number of halogens is 1. The Kier molecular flexibility index (Phi) is 3.60. The van der Waals surface area contributed by atoms with Crippen molar-refractivity contribution in [3.63, 3.8) is 0 Å². The van der Waals surface area contributed by atoms with Gasteiger partial charge in [-0.1, -0.05) is 11.6 Å². The van der Waals surface area contributed by atoms with Gasteiger partial charge in [-0.3, -0.25) is 0 Å². The van der Waals surface area contributed by atoms with Crippen molar-refractivity contribution in [3.05, 3.63) is 28.3 Å². The Morgan fingerprint density at radius 2 is 1.52 bits per heavy atom. The molecule has 0 atom stereocenters. The molecule has 0 spiro atoms. The standard InChI is InChI=1S/C18H24ClNO2S/c1-11-4-17(12(2)3-16(11)19)23(21,22)20-18-8-13-5-14(9-18)7-15(6-13)10-18/h3-4,13-15,20H,5-10H2,1-2H3. The van der Waals surface area contributed by atoms with Crippen molar-refractivity contribution < 1.29 is 8.42 Å². The van der Waals surface area contributed by atoms with E-state index in [2.05, 4.69) is 4.72 Å². The van der Waals surface area contributed by atoms with Gasteiger partial charge >= 0.3 is 0 Å². The van der Waals surface area contributed by atoms with Gasteiger partial charge in [0.2, 0.25) is 10.0 Å². The smallest absolute Gasteiger partial charge is 0.207 e. The maximum Gasteiger partial charge on any atom is 0.241 e. The van der Waals surface area contributed by atoms with Crippen LogP contribution in [0.25, 0.3) is 0 Å². The summed E-state index contributed by atoms with van der Waals surface area (Å²) in [5.41, 5.74) is 1.33. The van der Waals surface area contributed by atoms with Gasteiger partial charge in [0, 0.05) is 10.6 Å². The highest BCUT2D eigenvalue weighted by atomic mass is 35.5. The minimum atomic E-state index is -3.50. The van der Waals surface area contributed by atoms with Crippen LogP contribution < -0.4 is 4.72 Å². The van der Waals surface area contributed by atoms with Crippen LogP contribution in [0.5, 0.6) is 0 Å². The summed E-state index contributed by atoms with van der Waals surface area (Å²) in [6, 6.07) is 3.46. The molecule has 0 radical (unpaired) electrons. The first-order valence-corrected chi connectivity index (χ1v) is 10.4. The number of nitrogens with one attached hydrogen (secondary N) is 1. The lowest BCUT2D eigenvalue weighted by atomic mass is 9.53. The van der Waals surface area contributed by atoms with Gasteiger partial charge in [0.15, 0.2) is 0 Å². The highest BCUT2D eigenvalue weighted by Gasteiger charge is 2.52. The Morgan fingerprint density at radius 1 is 1.00 bits per heavy atom. The first-order chi connectivity index (χ1) is 10.8. The van der Waals surface area contributed by atoms with Crippen LogP contribution in [-0.4, -0.2) is 14.0 Å². The summed E-state index contributed by atoms with van der Waals surface area (Å²) in [6.45, 7) is 3.67. The number of hydrogen-bond acceptors (Lipinski definition) is 2. The summed E-state index contributed by atoms with van der Waals surface area (Å²) in [5, 5.41) is 0.622. The van der Waals surface area contributed by atoms with E-state index in [9.17, 15) is 8.42 Å². The van der Waals surface area contributed by atoms with Gasteiger partial charge in [0.1, 0.15) is 0 Å². The van der Waals surface area contributed by atoms with Crippen LogP contribution in [0.15, 0.2) is 17.0 Å². The van der Waals surface area contributed by atoms with Crippen LogP contribution in [0.2, 0.25) is 5.02 Å². The van der Waals surface area contributed by atoms with E-state index in [0.717, 1.165) is 48.1 Å². The molecule has 126 valence electrons. The normalized spacial score (nSPS) is 35.7. The van der Waals surface area contributed by atoms with Crippen molar-refractivity contribution in [1.29, 1.82) is 0 Å². The molecular formula is C18H24ClNO2S. The fourth-order valence-corrected chi connectivity index (χ4v) is 7.58. The Hall–Kier alpha value is -0.580. The van der Waals surface area contributed by atoms with E-state index in [1.54, 1.807) is 12.1 Å². The van der Waals surface area contributed by atoms with Crippen LogP contribution >= 0.6 is 11.6 Å². The molecule has 4 bridgehead atoms. The molecule has 4 aliphatic carbocycles. The minimum Gasteiger partial charge on any atom is -0.207 e. The zero-order chi connectivity index (χ0) is 16.4. The quantitative estimate of drug-likeness (QED) is 0.885. The lowest BCUT2D eigenvalue weighted by Crippen LogP contribution is -2.59. The molecule has 0 amide bonds. The van der Waals surface area contributed by atoms with Crippen LogP contribution in [0.3, 0.4) is 0 Å². The minimum absolute atomic E-state index is 0.201. The predicted octanol–water partition coefficient (Wildman–Crippen LogP) is 4.20. The first kappa shape index (κ1) is 15.9. The van der Waals surface area contributed by atoms with Crippen LogP contribution in [0, 0.1) is 31.6 Å². The molecule has 23 heavy (non-hydrogen) atoms. The second kappa shape index (κ2) is 5.21. The molecule has 1 N–H and O–H groups in total. The van der Waals surface area contributed by atoms with E-state index in [1.807, 2.05) is 13.8 Å². The molecule has 5 heteroatoms. The van der Waals surface area contributed by atoms with Crippen molar-refractivity contribution in [1.82, 2.24) is 4.72 Å². The molecule has 0 aromatic heterocycles. The van der Waals surface area contributed by atoms with Crippen molar-refractivity contribution in [3.8, 4) is 0 Å². The van der Waals surface area contributed by atoms with E-state index in [4.69, 9.17) is 11.6 Å². The topological polar surface area (TPSA) is 46.2 Å². The van der Waals surface area contributed by atoms with Crippen molar-refractivity contribution >= 4 is 21.6 Å². The average molecular weight is 354 g/mol. The second-order valence-electron chi connectivity index (χ2n) is 8.17. The molecule has 0 aliphatic heterocycles. The van der Waals surface area contributed by atoms with Crippen LogP contribution in [0.4, 0.5) is 0 Å². The largest absolute Gasteiger partial charge is 0.241 e. The molecule has 4 aliphatic rings. The predicted molar refractivity (Wildman–Crippen MR) is 92.2 cm³/mol. The second-order valence-corrected chi connectivity index (χ2v) is 10.2. The number of sulfonamides is 1. The summed E-state index contributed by atoms with van der Waals surface area (Å²) in [5.74, 6) is 2.16. The SMILES string of the molecule is Cc1cc(S(=O)(=O)NC23CC4CC(CC(C4)C2)C3)c(C)cc1Cl. The monoisotopic (exact) mass is 353 g/mol. The van der Waals surface area contributed by atoms with Crippen molar-refractivity contribution in [2.45, 2.75) is 62.8 Å². The summed E-state index contributed by atoms with van der Waals surface area (Å²) in [7, 11) is -3.50. The lowest BCUT2D eigenvalue weighted by Gasteiger charge is -2.56. The van der Waals surface area contributed by atoms with E-state index < -0.39 is 10.0 Å². The van der Waals surface area contributed by atoms with E-state index >= 15 is 0 Å². The molecule has 4 saturated carbocycles. The number of hydrogen-bond donors (Lipinski definition) is 1. The molecule has 3 nitrogen and oxygen atoms in total. The Bertz CT molecular complexity index is 721. The first-order valence-electron chi connectivity index (χ1n) is 8.57. The number of rotatable bonds is 3. The molecule has 1 aromatic rings. The fraction of sp³-hybridized carbons (Fsp3) is 0.667. The van der Waals surface area contributed by atoms with Gasteiger partial charge in [-0.2, -0.15) is 0 Å². The fourth-order valence-electron chi connectivity index (χ4n) is 5.62. The van der Waals surface area contributed by atoms with Gasteiger partial charge in [-0.15, -0.1) is 0 Å². The molecular weight excluding hydrogens is 330 g/mol. The molecule has 1 aromatic carbocycles. The number of aryl methyl sites for hydroxylation is 2. The van der Waals surface area contributed by atoms with E-state index in [0.29, 0.717) is 9.92 Å². The average Bonchev–Trinajstić information content (AvgIpc) is 2.39. The van der Waals surface area contributed by atoms with E-state index in [-0.39, 0.29) is 5.54 Å². The molecule has 5 rings (SSSR count). The third-order valence-corrected chi connectivity index (χ3v) is 8.26. The van der Waals surface area contributed by atoms with Gasteiger partial charge in [0.05, 0.1) is 4.90 Å². The third kappa shape index (κ3) is 2.73. The zero-order valence-corrected chi connectivity index (χ0v) is 15.3. The summed E-state index contributed by atoms with van der Waals surface area (Å²) >= 11 is 6.12. The maximum absolute atomic E-state index is 13.0. The molecule has 0 unspecified atom stereocenters. The van der Waals surface area contributed by atoms with Gasteiger partial charge in [0.25, 0.3) is 0 Å². The van der Waals surface area contributed by atoms with E-state index in [1.165, 1.54) is 19.3 Å². The van der Waals surface area contributed by atoms with Gasteiger partial charge < -0.3 is 0 Å². The Balaban J connectivity index is 1.67. The van der Waals surface area contributed by atoms with Crippen molar-refractivity contribution in [2.24, 2.45) is 17.8 Å². The highest BCUT2D eigenvalue weighted by Crippen LogP contribution is 2.56. The van der Waals surface area contributed by atoms with Gasteiger partial charge in [-0.05, 0) is 93.4 Å². The summed E-state index contributed by atoms with van der Waals surface area (Å²) < 4.78 is 29.2. The molecule has 4 fully saturated rings. The summed E-state index contributed by atoms with van der Waals surface area (Å²) in [4.78, 5) is 0.384. The maximum atomic E-state index is 13.0. The third-order valence-electron chi connectivity index (χ3n) is 6.13. The number of benzene rings is 1. The Labute approximate surface area is 143 Å². The zero-order valence-electron chi connectivity index (χ0n) is 13.7. The van der Waals surface area contributed by atoms with Crippen molar-refractivity contribution in [2.75, 3.05) is 0 Å². The van der Waals surface area contributed by atoms with Crippen LogP contribution in [-0.2, 0) is 10.0 Å². The highest BCUT2D eigenvalue weighted by molar-refractivity contribution is 7.89. The summed E-state index contributed by atoms with van der Waals surface area (Å²) in [6.07, 6.45) is 6.97. The molecule has 0 saturated heterocycles. The molecule has 0 heterocycles.